The Bertz CT molecular complexity index is 2130. The molecule has 0 atom stereocenters. The van der Waals surface area contributed by atoms with Crippen LogP contribution in [0.15, 0.2) is 64.3 Å². The molecule has 0 aliphatic heterocycles. The van der Waals surface area contributed by atoms with Gasteiger partial charge in [0, 0.05) is 28.7 Å². The number of anilines is 1. The minimum absolute atomic E-state index is 0.0746. The van der Waals surface area contributed by atoms with E-state index in [2.05, 4.69) is 20.6 Å². The van der Waals surface area contributed by atoms with Gasteiger partial charge < -0.3 is 9.64 Å². The lowest BCUT2D eigenvalue weighted by atomic mass is 10.1. The van der Waals surface area contributed by atoms with E-state index in [-0.39, 0.29) is 28.3 Å². The topological polar surface area (TPSA) is 120 Å². The zero-order valence-corrected chi connectivity index (χ0v) is 26.6. The number of thiophene rings is 1. The quantitative estimate of drug-likeness (QED) is 0.158. The number of nitrogens with one attached hydrogen (secondary N) is 2. The van der Waals surface area contributed by atoms with Gasteiger partial charge in [-0.2, -0.15) is 13.2 Å². The van der Waals surface area contributed by atoms with Crippen LogP contribution in [0.2, 0.25) is 0 Å². The Morgan fingerprint density at radius 1 is 1.02 bits per heavy atom. The molecule has 48 heavy (non-hydrogen) atoms. The summed E-state index contributed by atoms with van der Waals surface area (Å²) in [7, 11) is 5.84. The van der Waals surface area contributed by atoms with Gasteiger partial charge in [-0.05, 0) is 56.1 Å². The normalized spacial score (nSPS) is 11.7. The molecule has 3 heterocycles. The third-order valence-electron chi connectivity index (χ3n) is 7.15. The van der Waals surface area contributed by atoms with Crippen LogP contribution in [0.3, 0.4) is 0 Å². The van der Waals surface area contributed by atoms with E-state index in [9.17, 15) is 27.6 Å². The molecule has 0 aliphatic carbocycles. The first-order chi connectivity index (χ1) is 22.8. The largest absolute Gasteiger partial charge is 0.494 e. The number of halogens is 5. The van der Waals surface area contributed by atoms with Crippen molar-refractivity contribution in [2.45, 2.75) is 19.3 Å². The van der Waals surface area contributed by atoms with Crippen molar-refractivity contribution in [3.8, 4) is 21.9 Å². The summed E-state index contributed by atoms with van der Waals surface area (Å²) in [5.74, 6) is -2.46. The van der Waals surface area contributed by atoms with Crippen LogP contribution in [0.25, 0.3) is 26.3 Å². The Labute approximate surface area is 272 Å². The smallest absolute Gasteiger partial charge is 0.416 e. The number of rotatable bonds is 9. The summed E-state index contributed by atoms with van der Waals surface area (Å²) in [6, 6.07) is 8.49. The van der Waals surface area contributed by atoms with E-state index in [0.29, 0.717) is 26.6 Å². The second kappa shape index (κ2) is 13.5. The highest BCUT2D eigenvalue weighted by Gasteiger charge is 2.35. The summed E-state index contributed by atoms with van der Waals surface area (Å²) in [6.45, 7) is -0.854. The molecule has 3 aromatic heterocycles. The Kier molecular flexibility index (Phi) is 9.65. The summed E-state index contributed by atoms with van der Waals surface area (Å²) in [4.78, 5) is 51.1. The van der Waals surface area contributed by atoms with Crippen molar-refractivity contribution in [2.75, 3.05) is 33.6 Å². The van der Waals surface area contributed by atoms with E-state index in [1.165, 1.54) is 38.6 Å². The number of methoxy groups -OCH3 is 1. The maximum atomic E-state index is 15.6. The molecule has 0 fully saturated rings. The first kappa shape index (κ1) is 34.2. The van der Waals surface area contributed by atoms with Gasteiger partial charge in [0.25, 0.3) is 5.56 Å². The summed E-state index contributed by atoms with van der Waals surface area (Å²) >= 11 is 0.897. The Hall–Kier alpha value is -5.13. The van der Waals surface area contributed by atoms with E-state index < -0.39 is 58.4 Å². The highest BCUT2D eigenvalue weighted by Crippen LogP contribution is 2.39. The van der Waals surface area contributed by atoms with Gasteiger partial charge in [-0.3, -0.25) is 19.5 Å². The fourth-order valence-corrected chi connectivity index (χ4v) is 6.42. The number of carbonyl (C=O) groups excluding carboxylic acids is 1. The van der Waals surface area contributed by atoms with Crippen LogP contribution < -0.4 is 26.8 Å². The average molecular weight is 691 g/mol. The summed E-state index contributed by atoms with van der Waals surface area (Å²) in [5, 5.41) is 2.35. The molecule has 0 saturated carbocycles. The Morgan fingerprint density at radius 3 is 2.38 bits per heavy atom. The molecule has 5 rings (SSSR count). The molecule has 11 nitrogen and oxygen atoms in total. The fraction of sp³-hybridized carbons (Fsp3) is 0.226. The van der Waals surface area contributed by atoms with Crippen LogP contribution in [-0.4, -0.2) is 53.4 Å². The first-order valence-electron chi connectivity index (χ1n) is 14.0. The van der Waals surface area contributed by atoms with Gasteiger partial charge in [-0.15, -0.1) is 11.3 Å². The number of urea groups is 1. The van der Waals surface area contributed by atoms with Gasteiger partial charge in [0.2, 0.25) is 0 Å². The van der Waals surface area contributed by atoms with Crippen LogP contribution in [0.1, 0.15) is 16.7 Å². The summed E-state index contributed by atoms with van der Waals surface area (Å²) in [6.07, 6.45) is -3.60. The minimum Gasteiger partial charge on any atom is -0.494 e. The molecular formula is C31H27F5N6O5S. The maximum Gasteiger partial charge on any atom is 0.416 e. The lowest BCUT2D eigenvalue weighted by molar-refractivity contribution is -0.138. The zero-order valence-electron chi connectivity index (χ0n) is 25.7. The molecule has 0 aliphatic rings. The van der Waals surface area contributed by atoms with Crippen molar-refractivity contribution in [3.05, 3.63) is 104 Å². The molecule has 2 aromatic carbocycles. The molecule has 252 valence electrons. The van der Waals surface area contributed by atoms with E-state index in [1.807, 2.05) is 0 Å². The monoisotopic (exact) mass is 690 g/mol. The number of hydrogen-bond donors (Lipinski definition) is 2. The Morgan fingerprint density at radius 2 is 1.75 bits per heavy atom. The molecule has 0 saturated heterocycles. The van der Waals surface area contributed by atoms with Crippen molar-refractivity contribution < 1.29 is 36.3 Å². The predicted molar refractivity (Wildman–Crippen MR) is 168 cm³/mol. The van der Waals surface area contributed by atoms with E-state index in [0.717, 1.165) is 34.1 Å². The van der Waals surface area contributed by atoms with Crippen molar-refractivity contribution in [1.29, 1.82) is 0 Å². The van der Waals surface area contributed by atoms with Gasteiger partial charge >= 0.3 is 17.9 Å². The van der Waals surface area contributed by atoms with E-state index >= 15 is 8.78 Å². The van der Waals surface area contributed by atoms with E-state index in [1.54, 1.807) is 25.1 Å². The number of carbonyl (C=O) groups is 1. The molecule has 0 spiro atoms. The highest BCUT2D eigenvalue weighted by atomic mass is 32.1. The van der Waals surface area contributed by atoms with Crippen molar-refractivity contribution in [1.82, 2.24) is 24.5 Å². The number of benzene rings is 2. The first-order valence-corrected chi connectivity index (χ1v) is 14.8. The van der Waals surface area contributed by atoms with Crippen LogP contribution in [0.5, 0.6) is 5.75 Å². The van der Waals surface area contributed by atoms with Gasteiger partial charge in [-0.1, -0.05) is 12.1 Å². The molecule has 0 bridgehead atoms. The minimum atomic E-state index is -4.98. The van der Waals surface area contributed by atoms with Gasteiger partial charge in [0.15, 0.2) is 11.6 Å². The predicted octanol–water partition coefficient (Wildman–Crippen LogP) is 5.37. The zero-order chi connectivity index (χ0) is 34.9. The second-order valence-electron chi connectivity index (χ2n) is 10.6. The number of ether oxygens (including phenoxy) is 1. The molecule has 5 aromatic rings. The molecule has 0 unspecified atom stereocenters. The number of aromatic nitrogens is 3. The van der Waals surface area contributed by atoms with Crippen molar-refractivity contribution in [3.63, 3.8) is 0 Å². The number of pyridine rings is 1. The standard InChI is InChI=1S/C31H27F5N6O5S/c1-40(2)14-18-24-27(43)42(21-9-6-10-22(46-3)25(21)33)30(45)41(15-17-19(31(34,35)36)7-5-8-20(17)32)28(24)48-26(18)16-11-12-23(37-13-16)38-29(44)39-47-4/h5-13H,14-15H2,1-4H3,(H2,37,38,39,44). The average Bonchev–Trinajstić information content (AvgIpc) is 3.39. The van der Waals surface area contributed by atoms with E-state index in [4.69, 9.17) is 4.74 Å². The van der Waals surface area contributed by atoms with Gasteiger partial charge in [0.05, 0.1) is 37.4 Å². The fourth-order valence-electron chi connectivity index (χ4n) is 5.13. The van der Waals surface area contributed by atoms with Crippen molar-refractivity contribution in [2.24, 2.45) is 0 Å². The molecule has 0 radical (unpaired) electrons. The SMILES string of the molecule is CONC(=O)Nc1ccc(-c2sc3c(c2CN(C)C)c(=O)n(-c2cccc(OC)c2F)c(=O)n3Cc2c(F)cccc2C(F)(F)F)cn1. The van der Waals surface area contributed by atoms with Gasteiger partial charge in [0.1, 0.15) is 16.5 Å². The lowest BCUT2D eigenvalue weighted by Gasteiger charge is -2.17. The molecule has 17 heteroatoms. The Balaban J connectivity index is 1.85. The second-order valence-corrected chi connectivity index (χ2v) is 11.6. The highest BCUT2D eigenvalue weighted by molar-refractivity contribution is 7.22. The molecule has 2 amide bonds. The van der Waals surface area contributed by atoms with Gasteiger partial charge in [-0.25, -0.2) is 33.4 Å². The third-order valence-corrected chi connectivity index (χ3v) is 8.46. The van der Waals surface area contributed by atoms with Crippen LogP contribution >= 0.6 is 11.3 Å². The summed E-state index contributed by atoms with van der Waals surface area (Å²) in [5.41, 5.74) is -1.99. The number of hydrogen-bond acceptors (Lipinski definition) is 8. The number of amides is 2. The number of fused-ring (bicyclic) bond motifs is 1. The number of hydroxylamine groups is 1. The third kappa shape index (κ3) is 6.51. The van der Waals surface area contributed by atoms with Crippen LogP contribution in [-0.2, 0) is 24.1 Å². The molecular weight excluding hydrogens is 663 g/mol. The molecule has 2 N–H and O–H groups in total. The maximum absolute atomic E-state index is 15.6. The summed E-state index contributed by atoms with van der Waals surface area (Å²) < 4.78 is 79.3. The van der Waals surface area contributed by atoms with Crippen LogP contribution in [0.4, 0.5) is 32.6 Å². The number of alkyl halides is 3. The number of nitrogens with zero attached hydrogens (tertiary/aromatic N) is 4. The van der Waals surface area contributed by atoms with Crippen LogP contribution in [0, 0.1) is 11.6 Å². The van der Waals surface area contributed by atoms with Crippen molar-refractivity contribution >= 4 is 33.4 Å². The lowest BCUT2D eigenvalue weighted by Crippen LogP contribution is -2.40.